The summed E-state index contributed by atoms with van der Waals surface area (Å²) in [6, 6.07) is 0.734. The van der Waals surface area contributed by atoms with Crippen molar-refractivity contribution in [2.75, 3.05) is 25.1 Å². The summed E-state index contributed by atoms with van der Waals surface area (Å²) in [5.41, 5.74) is 2.42. The van der Waals surface area contributed by atoms with E-state index in [9.17, 15) is 9.59 Å². The van der Waals surface area contributed by atoms with Crippen LogP contribution in [0.4, 0.5) is 5.69 Å². The van der Waals surface area contributed by atoms with Gasteiger partial charge in [0.05, 0.1) is 18.0 Å². The van der Waals surface area contributed by atoms with Crippen molar-refractivity contribution in [3.63, 3.8) is 0 Å². The highest BCUT2D eigenvalue weighted by atomic mass is 16.5. The van der Waals surface area contributed by atoms with Crippen LogP contribution in [0.15, 0.2) is 17.1 Å². The molecular formula is C12H19N5O3. The van der Waals surface area contributed by atoms with Crippen LogP contribution in [0.5, 0.6) is 0 Å². The van der Waals surface area contributed by atoms with Crippen LogP contribution >= 0.6 is 0 Å². The lowest BCUT2D eigenvalue weighted by atomic mass is 10.3. The van der Waals surface area contributed by atoms with Gasteiger partial charge in [0, 0.05) is 26.3 Å². The predicted octanol–water partition coefficient (Wildman–Crippen LogP) is -0.981. The Bertz CT molecular complexity index is 544. The molecule has 2 rings (SSSR count). The molecule has 1 aliphatic heterocycles. The number of methoxy groups -OCH3 is 1. The van der Waals surface area contributed by atoms with Gasteiger partial charge in [0.25, 0.3) is 11.5 Å². The highest BCUT2D eigenvalue weighted by molar-refractivity contribution is 5.79. The van der Waals surface area contributed by atoms with Gasteiger partial charge in [-0.25, -0.2) is 10.5 Å². The smallest absolute Gasteiger partial charge is 0.269 e. The number of hydrogen-bond donors (Lipinski definition) is 2. The zero-order valence-corrected chi connectivity index (χ0v) is 11.6. The zero-order chi connectivity index (χ0) is 14.7. The molecule has 8 heteroatoms. The fourth-order valence-corrected chi connectivity index (χ4v) is 2.26. The molecule has 0 bridgehead atoms. The van der Waals surface area contributed by atoms with Crippen molar-refractivity contribution < 1.29 is 9.53 Å². The largest absolute Gasteiger partial charge is 0.380 e. The molecule has 1 aliphatic rings. The fourth-order valence-electron chi connectivity index (χ4n) is 2.26. The van der Waals surface area contributed by atoms with Crippen LogP contribution in [0, 0.1) is 0 Å². The third-order valence-electron chi connectivity index (χ3n) is 3.54. The highest BCUT2D eigenvalue weighted by Crippen LogP contribution is 2.19. The topological polar surface area (TPSA) is 102 Å². The number of nitrogens with one attached hydrogen (secondary N) is 1. The van der Waals surface area contributed by atoms with E-state index in [1.165, 1.54) is 6.07 Å². The quantitative estimate of drug-likeness (QED) is 0.418. The first-order valence-electron chi connectivity index (χ1n) is 6.44. The SMILES string of the molecule is COC1CCN(c2cnn(C(C)C(=O)NN)c(=O)c2)C1. The maximum Gasteiger partial charge on any atom is 0.269 e. The van der Waals surface area contributed by atoms with Crippen LogP contribution in [-0.2, 0) is 9.53 Å². The lowest BCUT2D eigenvalue weighted by molar-refractivity contribution is -0.124. The Morgan fingerprint density at radius 2 is 2.40 bits per heavy atom. The fraction of sp³-hybridized carbons (Fsp3) is 0.583. The molecular weight excluding hydrogens is 262 g/mol. The standard InChI is InChI=1S/C12H19N5O3/c1-8(12(19)15-13)17-11(18)5-9(6-14-17)16-4-3-10(7-16)20-2/h5-6,8,10H,3-4,7,13H2,1-2H3,(H,15,19). The number of carbonyl (C=O) groups excluding carboxylic acids is 1. The van der Waals surface area contributed by atoms with Crippen molar-refractivity contribution >= 4 is 11.6 Å². The summed E-state index contributed by atoms with van der Waals surface area (Å²) in [6.45, 7) is 3.12. The van der Waals surface area contributed by atoms with E-state index in [1.807, 2.05) is 10.3 Å². The number of ether oxygens (including phenoxy) is 1. The molecule has 20 heavy (non-hydrogen) atoms. The average molecular weight is 281 g/mol. The second-order valence-electron chi connectivity index (χ2n) is 4.77. The molecule has 8 nitrogen and oxygen atoms in total. The molecule has 1 amide bonds. The van der Waals surface area contributed by atoms with Gasteiger partial charge in [-0.15, -0.1) is 0 Å². The Hall–Kier alpha value is -1.93. The van der Waals surface area contributed by atoms with Crippen LogP contribution in [0.1, 0.15) is 19.4 Å². The summed E-state index contributed by atoms with van der Waals surface area (Å²) < 4.78 is 6.40. The second-order valence-corrected chi connectivity index (χ2v) is 4.77. The van der Waals surface area contributed by atoms with E-state index in [0.29, 0.717) is 0 Å². The molecule has 1 fully saturated rings. The van der Waals surface area contributed by atoms with Crippen molar-refractivity contribution in [1.29, 1.82) is 0 Å². The predicted molar refractivity (Wildman–Crippen MR) is 73.2 cm³/mol. The van der Waals surface area contributed by atoms with Gasteiger partial charge >= 0.3 is 0 Å². The van der Waals surface area contributed by atoms with E-state index < -0.39 is 11.9 Å². The number of aromatic nitrogens is 2. The van der Waals surface area contributed by atoms with Crippen molar-refractivity contribution in [2.24, 2.45) is 5.84 Å². The van der Waals surface area contributed by atoms with Crippen LogP contribution in [0.2, 0.25) is 0 Å². The van der Waals surface area contributed by atoms with E-state index >= 15 is 0 Å². The first kappa shape index (κ1) is 14.5. The van der Waals surface area contributed by atoms with Gasteiger partial charge in [-0.3, -0.25) is 15.0 Å². The molecule has 0 aliphatic carbocycles. The molecule has 2 atom stereocenters. The Balaban J connectivity index is 2.18. The number of nitrogens with two attached hydrogens (primary N) is 1. The van der Waals surface area contributed by atoms with Gasteiger partial charge in [0.1, 0.15) is 6.04 Å². The molecule has 110 valence electrons. The lowest BCUT2D eigenvalue weighted by Crippen LogP contribution is -2.40. The van der Waals surface area contributed by atoms with Gasteiger partial charge in [-0.2, -0.15) is 5.10 Å². The Morgan fingerprint density at radius 1 is 1.65 bits per heavy atom. The normalized spacial score (nSPS) is 19.9. The molecule has 2 heterocycles. The molecule has 1 saturated heterocycles. The van der Waals surface area contributed by atoms with E-state index in [4.69, 9.17) is 10.6 Å². The van der Waals surface area contributed by atoms with Crippen molar-refractivity contribution in [3.05, 3.63) is 22.6 Å². The third-order valence-corrected chi connectivity index (χ3v) is 3.54. The van der Waals surface area contributed by atoms with E-state index in [1.54, 1.807) is 20.2 Å². The maximum atomic E-state index is 12.0. The summed E-state index contributed by atoms with van der Waals surface area (Å²) in [4.78, 5) is 25.5. The van der Waals surface area contributed by atoms with E-state index in [2.05, 4.69) is 5.10 Å². The van der Waals surface area contributed by atoms with Crippen LogP contribution in [0.3, 0.4) is 0 Å². The number of anilines is 1. The number of carbonyl (C=O) groups is 1. The Labute approximate surface area is 116 Å². The molecule has 0 saturated carbocycles. The molecule has 2 unspecified atom stereocenters. The number of nitrogens with zero attached hydrogens (tertiary/aromatic N) is 3. The van der Waals surface area contributed by atoms with Crippen molar-refractivity contribution in [1.82, 2.24) is 15.2 Å². The van der Waals surface area contributed by atoms with Gasteiger partial charge in [-0.05, 0) is 13.3 Å². The highest BCUT2D eigenvalue weighted by Gasteiger charge is 2.23. The van der Waals surface area contributed by atoms with Crippen LogP contribution < -0.4 is 21.7 Å². The summed E-state index contributed by atoms with van der Waals surface area (Å²) >= 11 is 0. The first-order valence-corrected chi connectivity index (χ1v) is 6.44. The Kier molecular flexibility index (Phi) is 4.35. The summed E-state index contributed by atoms with van der Waals surface area (Å²) in [7, 11) is 1.68. The van der Waals surface area contributed by atoms with Gasteiger partial charge in [-0.1, -0.05) is 0 Å². The van der Waals surface area contributed by atoms with E-state index in [-0.39, 0.29) is 11.7 Å². The molecule has 0 spiro atoms. The number of rotatable bonds is 4. The molecule has 1 aromatic heterocycles. The lowest BCUT2D eigenvalue weighted by Gasteiger charge is -2.19. The molecule has 0 radical (unpaired) electrons. The van der Waals surface area contributed by atoms with Crippen molar-refractivity contribution in [3.8, 4) is 0 Å². The average Bonchev–Trinajstić information content (AvgIpc) is 2.94. The van der Waals surface area contributed by atoms with Gasteiger partial charge < -0.3 is 9.64 Å². The van der Waals surface area contributed by atoms with Crippen molar-refractivity contribution in [2.45, 2.75) is 25.5 Å². The minimum absolute atomic E-state index is 0.180. The number of hydrogen-bond acceptors (Lipinski definition) is 6. The summed E-state index contributed by atoms with van der Waals surface area (Å²) in [5.74, 6) is 4.59. The Morgan fingerprint density at radius 3 is 2.95 bits per heavy atom. The maximum absolute atomic E-state index is 12.0. The summed E-state index contributed by atoms with van der Waals surface area (Å²) in [5, 5.41) is 4.05. The van der Waals surface area contributed by atoms with Crippen LogP contribution in [0.25, 0.3) is 0 Å². The summed E-state index contributed by atoms with van der Waals surface area (Å²) in [6.07, 6.45) is 2.69. The minimum Gasteiger partial charge on any atom is -0.380 e. The third kappa shape index (κ3) is 2.81. The van der Waals surface area contributed by atoms with Gasteiger partial charge in [0.2, 0.25) is 0 Å². The molecule has 3 N–H and O–H groups in total. The first-order chi connectivity index (χ1) is 9.56. The second kappa shape index (κ2) is 6.02. The number of hydrazine groups is 1. The molecule has 1 aromatic rings. The van der Waals surface area contributed by atoms with Gasteiger partial charge in [0.15, 0.2) is 0 Å². The minimum atomic E-state index is -0.744. The van der Waals surface area contributed by atoms with Crippen LogP contribution in [-0.4, -0.2) is 42.0 Å². The number of amides is 1. The zero-order valence-electron chi connectivity index (χ0n) is 11.6. The monoisotopic (exact) mass is 281 g/mol. The van der Waals surface area contributed by atoms with E-state index in [0.717, 1.165) is 29.9 Å². The molecule has 0 aromatic carbocycles.